The lowest BCUT2D eigenvalue weighted by atomic mass is 9.76. The van der Waals surface area contributed by atoms with Gasteiger partial charge in [0.1, 0.15) is 0 Å². The van der Waals surface area contributed by atoms with Crippen molar-refractivity contribution in [1.29, 1.82) is 0 Å². The van der Waals surface area contributed by atoms with Crippen LogP contribution < -0.4 is 5.73 Å². The zero-order valence-electron chi connectivity index (χ0n) is 12.7. The Bertz CT molecular complexity index is 552. The van der Waals surface area contributed by atoms with Crippen LogP contribution in [0, 0.1) is 5.92 Å². The highest BCUT2D eigenvalue weighted by Crippen LogP contribution is 2.29. The van der Waals surface area contributed by atoms with Gasteiger partial charge >= 0.3 is 7.12 Å². The highest BCUT2D eigenvalue weighted by Gasteiger charge is 2.40. The minimum atomic E-state index is -1.48. The van der Waals surface area contributed by atoms with Crippen molar-refractivity contribution in [2.75, 3.05) is 6.54 Å². The van der Waals surface area contributed by atoms with Crippen molar-refractivity contribution in [3.8, 4) is 0 Å². The van der Waals surface area contributed by atoms with Crippen molar-refractivity contribution < 1.29 is 14.8 Å². The zero-order valence-corrected chi connectivity index (χ0v) is 12.7. The maximum absolute atomic E-state index is 12.7. The van der Waals surface area contributed by atoms with E-state index in [2.05, 4.69) is 12.1 Å². The van der Waals surface area contributed by atoms with Gasteiger partial charge in [-0.25, -0.2) is 0 Å². The van der Waals surface area contributed by atoms with Crippen LogP contribution in [-0.4, -0.2) is 46.5 Å². The van der Waals surface area contributed by atoms with E-state index in [1.54, 1.807) is 4.90 Å². The molecule has 1 amide bonds. The molecule has 0 aromatic heterocycles. The molecule has 1 saturated heterocycles. The molecule has 4 N–H and O–H groups in total. The SMILES string of the molecule is NC(C(=O)N1CCCC1B(O)O)C1CCc2ccccc2C1. The minimum Gasteiger partial charge on any atom is -0.426 e. The summed E-state index contributed by atoms with van der Waals surface area (Å²) in [5, 5.41) is 18.8. The van der Waals surface area contributed by atoms with E-state index in [4.69, 9.17) is 5.73 Å². The molecule has 118 valence electrons. The molecule has 1 aromatic rings. The molecule has 1 aliphatic carbocycles. The van der Waals surface area contributed by atoms with E-state index in [1.165, 1.54) is 11.1 Å². The molecule has 1 heterocycles. The van der Waals surface area contributed by atoms with Crippen molar-refractivity contribution in [3.05, 3.63) is 35.4 Å². The molecule has 6 heteroatoms. The fourth-order valence-corrected chi connectivity index (χ4v) is 3.80. The molecular weight excluding hydrogens is 279 g/mol. The lowest BCUT2D eigenvalue weighted by Gasteiger charge is -2.33. The summed E-state index contributed by atoms with van der Waals surface area (Å²) in [6.45, 7) is 0.568. The first-order valence-electron chi connectivity index (χ1n) is 8.07. The Balaban J connectivity index is 1.69. The molecule has 2 aliphatic rings. The standard InChI is InChI=1S/C16H23BN2O3/c18-15(16(20)19-9-3-6-14(19)17(21)22)13-8-7-11-4-1-2-5-12(11)10-13/h1-2,4-5,13-15,21-22H,3,6-10,18H2. The molecular formula is C16H23BN2O3. The van der Waals surface area contributed by atoms with Crippen molar-refractivity contribution in [1.82, 2.24) is 4.90 Å². The van der Waals surface area contributed by atoms with Gasteiger partial charge < -0.3 is 20.7 Å². The maximum atomic E-state index is 12.7. The summed E-state index contributed by atoms with van der Waals surface area (Å²) in [6, 6.07) is 7.74. The zero-order chi connectivity index (χ0) is 15.7. The third-order valence-corrected chi connectivity index (χ3v) is 5.10. The van der Waals surface area contributed by atoms with Crippen LogP contribution in [0.15, 0.2) is 24.3 Å². The number of hydrogen-bond acceptors (Lipinski definition) is 4. The van der Waals surface area contributed by atoms with E-state index >= 15 is 0 Å². The quantitative estimate of drug-likeness (QED) is 0.692. The predicted molar refractivity (Wildman–Crippen MR) is 84.9 cm³/mol. The molecule has 0 bridgehead atoms. The number of fused-ring (bicyclic) bond motifs is 1. The van der Waals surface area contributed by atoms with Gasteiger partial charge in [-0.1, -0.05) is 24.3 Å². The molecule has 5 nitrogen and oxygen atoms in total. The van der Waals surface area contributed by atoms with E-state index in [-0.39, 0.29) is 11.8 Å². The molecule has 0 saturated carbocycles. The summed E-state index contributed by atoms with van der Waals surface area (Å²) < 4.78 is 0. The van der Waals surface area contributed by atoms with Gasteiger partial charge in [0.05, 0.1) is 12.0 Å². The van der Waals surface area contributed by atoms with Gasteiger partial charge in [-0.15, -0.1) is 0 Å². The van der Waals surface area contributed by atoms with Crippen LogP contribution in [0.5, 0.6) is 0 Å². The Labute approximate surface area is 131 Å². The van der Waals surface area contributed by atoms with Crippen molar-refractivity contribution in [2.45, 2.75) is 44.1 Å². The largest absolute Gasteiger partial charge is 0.475 e. The number of aryl methyl sites for hydroxylation is 1. The van der Waals surface area contributed by atoms with Crippen LogP contribution in [0.4, 0.5) is 0 Å². The smallest absolute Gasteiger partial charge is 0.426 e. The van der Waals surface area contributed by atoms with Crippen LogP contribution in [0.3, 0.4) is 0 Å². The Morgan fingerprint density at radius 3 is 2.73 bits per heavy atom. The van der Waals surface area contributed by atoms with Crippen molar-refractivity contribution in [2.24, 2.45) is 11.7 Å². The Kier molecular flexibility index (Phi) is 4.52. The molecule has 1 aliphatic heterocycles. The fraction of sp³-hybridized carbons (Fsp3) is 0.562. The van der Waals surface area contributed by atoms with Crippen LogP contribution in [0.1, 0.15) is 30.4 Å². The fourth-order valence-electron chi connectivity index (χ4n) is 3.80. The average molecular weight is 302 g/mol. The summed E-state index contributed by atoms with van der Waals surface area (Å²) in [5.74, 6) is -0.520. The number of carbonyl (C=O) groups excluding carboxylic acids is 1. The molecule has 3 unspecified atom stereocenters. The van der Waals surface area contributed by atoms with Crippen LogP contribution >= 0.6 is 0 Å². The first-order valence-corrected chi connectivity index (χ1v) is 8.07. The second-order valence-electron chi connectivity index (χ2n) is 6.45. The van der Waals surface area contributed by atoms with Crippen molar-refractivity contribution in [3.63, 3.8) is 0 Å². The molecule has 3 rings (SSSR count). The number of likely N-dealkylation sites (tertiary alicyclic amines) is 1. The highest BCUT2D eigenvalue weighted by molar-refractivity contribution is 6.43. The van der Waals surface area contributed by atoms with E-state index in [0.29, 0.717) is 13.0 Å². The first-order chi connectivity index (χ1) is 10.6. The van der Waals surface area contributed by atoms with Gasteiger partial charge in [0.25, 0.3) is 0 Å². The third-order valence-electron chi connectivity index (χ3n) is 5.10. The summed E-state index contributed by atoms with van der Waals surface area (Å²) in [7, 11) is -1.48. The Morgan fingerprint density at radius 2 is 2.00 bits per heavy atom. The second-order valence-corrected chi connectivity index (χ2v) is 6.45. The third kappa shape index (κ3) is 2.91. The minimum absolute atomic E-state index is 0.125. The normalized spacial score (nSPS) is 25.7. The molecule has 22 heavy (non-hydrogen) atoms. The number of amides is 1. The lowest BCUT2D eigenvalue weighted by molar-refractivity contribution is -0.134. The second kappa shape index (κ2) is 6.40. The molecule has 0 radical (unpaired) electrons. The topological polar surface area (TPSA) is 86.8 Å². The summed E-state index contributed by atoms with van der Waals surface area (Å²) in [6.07, 6.45) is 4.11. The molecule has 1 aromatic carbocycles. The van der Waals surface area contributed by atoms with Gasteiger partial charge in [0.2, 0.25) is 5.91 Å². The van der Waals surface area contributed by atoms with Gasteiger partial charge in [-0.3, -0.25) is 4.79 Å². The first kappa shape index (κ1) is 15.5. The number of carbonyl (C=O) groups is 1. The predicted octanol–water partition coefficient (Wildman–Crippen LogP) is 0.122. The van der Waals surface area contributed by atoms with Gasteiger partial charge in [-0.2, -0.15) is 0 Å². The van der Waals surface area contributed by atoms with Gasteiger partial charge in [0.15, 0.2) is 0 Å². The van der Waals surface area contributed by atoms with E-state index < -0.39 is 19.1 Å². The Morgan fingerprint density at radius 1 is 1.27 bits per heavy atom. The number of hydrogen-bond donors (Lipinski definition) is 3. The molecule has 1 fully saturated rings. The number of rotatable bonds is 3. The van der Waals surface area contributed by atoms with Gasteiger partial charge in [-0.05, 0) is 49.1 Å². The summed E-state index contributed by atoms with van der Waals surface area (Å²) in [5.41, 5.74) is 8.87. The summed E-state index contributed by atoms with van der Waals surface area (Å²) >= 11 is 0. The monoisotopic (exact) mass is 302 g/mol. The lowest BCUT2D eigenvalue weighted by Crippen LogP contribution is -2.54. The summed E-state index contributed by atoms with van der Waals surface area (Å²) in [4.78, 5) is 14.2. The van der Waals surface area contributed by atoms with E-state index in [0.717, 1.165) is 25.7 Å². The Hall–Kier alpha value is -1.37. The number of nitrogens with zero attached hydrogens (tertiary/aromatic N) is 1. The van der Waals surface area contributed by atoms with E-state index in [1.807, 2.05) is 12.1 Å². The van der Waals surface area contributed by atoms with E-state index in [9.17, 15) is 14.8 Å². The molecule has 0 spiro atoms. The van der Waals surface area contributed by atoms with Crippen LogP contribution in [0.2, 0.25) is 0 Å². The van der Waals surface area contributed by atoms with Crippen LogP contribution in [-0.2, 0) is 17.6 Å². The number of nitrogens with two attached hydrogens (primary N) is 1. The van der Waals surface area contributed by atoms with Gasteiger partial charge in [0, 0.05) is 6.54 Å². The van der Waals surface area contributed by atoms with Crippen molar-refractivity contribution >= 4 is 13.0 Å². The number of benzene rings is 1. The maximum Gasteiger partial charge on any atom is 0.475 e. The molecule has 3 atom stereocenters. The van der Waals surface area contributed by atoms with Crippen LogP contribution in [0.25, 0.3) is 0 Å². The average Bonchev–Trinajstić information content (AvgIpc) is 3.03. The highest BCUT2D eigenvalue weighted by atomic mass is 16.4.